The first-order valence-corrected chi connectivity index (χ1v) is 5.36. The van der Waals surface area contributed by atoms with E-state index in [0.717, 1.165) is 19.3 Å². The zero-order chi connectivity index (χ0) is 10.3. The van der Waals surface area contributed by atoms with Gasteiger partial charge in [0.15, 0.2) is 5.79 Å². The molecule has 2 aliphatic rings. The van der Waals surface area contributed by atoms with Gasteiger partial charge in [-0.2, -0.15) is 0 Å². The van der Waals surface area contributed by atoms with Gasteiger partial charge in [0.2, 0.25) is 0 Å². The van der Waals surface area contributed by atoms with Crippen LogP contribution in [0.25, 0.3) is 0 Å². The number of hydrogen-bond donors (Lipinski definition) is 1. The van der Waals surface area contributed by atoms with E-state index in [2.05, 4.69) is 0 Å². The van der Waals surface area contributed by atoms with Gasteiger partial charge in [0.05, 0.1) is 13.2 Å². The van der Waals surface area contributed by atoms with E-state index >= 15 is 0 Å². The molecule has 1 aromatic rings. The Labute approximate surface area is 88.6 Å². The second-order valence-corrected chi connectivity index (χ2v) is 4.24. The number of phenols is 1. The lowest BCUT2D eigenvalue weighted by molar-refractivity contribution is -0.163. The van der Waals surface area contributed by atoms with Crippen LogP contribution in [-0.4, -0.2) is 24.1 Å². The van der Waals surface area contributed by atoms with E-state index in [-0.39, 0.29) is 5.79 Å². The lowest BCUT2D eigenvalue weighted by Crippen LogP contribution is -2.36. The maximum absolute atomic E-state index is 9.38. The molecule has 15 heavy (non-hydrogen) atoms. The Hall–Kier alpha value is -1.06. The van der Waals surface area contributed by atoms with Crippen molar-refractivity contribution >= 4 is 0 Å². The molecule has 0 saturated carbocycles. The van der Waals surface area contributed by atoms with Crippen LogP contribution in [0.2, 0.25) is 0 Å². The van der Waals surface area contributed by atoms with Crippen LogP contribution in [0, 0.1) is 0 Å². The fraction of sp³-hybridized carbons (Fsp3) is 0.500. The largest absolute Gasteiger partial charge is 0.508 e. The van der Waals surface area contributed by atoms with Gasteiger partial charge in [0, 0.05) is 12.8 Å². The van der Waals surface area contributed by atoms with Gasteiger partial charge in [-0.15, -0.1) is 0 Å². The molecule has 1 aliphatic heterocycles. The van der Waals surface area contributed by atoms with Crippen molar-refractivity contribution in [2.24, 2.45) is 0 Å². The molecule has 0 radical (unpaired) electrons. The van der Waals surface area contributed by atoms with Crippen molar-refractivity contribution in [3.8, 4) is 5.75 Å². The highest BCUT2D eigenvalue weighted by atomic mass is 16.7. The molecule has 80 valence electrons. The summed E-state index contributed by atoms with van der Waals surface area (Å²) in [5.74, 6) is -0.0257. The van der Waals surface area contributed by atoms with Crippen LogP contribution in [0.4, 0.5) is 0 Å². The fourth-order valence-corrected chi connectivity index (χ4v) is 2.46. The third-order valence-electron chi connectivity index (χ3n) is 3.24. The summed E-state index contributed by atoms with van der Waals surface area (Å²) in [7, 11) is 0. The third kappa shape index (κ3) is 1.52. The molecule has 1 saturated heterocycles. The van der Waals surface area contributed by atoms with E-state index in [1.165, 1.54) is 11.1 Å². The van der Waals surface area contributed by atoms with Crippen LogP contribution in [0.3, 0.4) is 0 Å². The molecular weight excluding hydrogens is 192 g/mol. The summed E-state index contributed by atoms with van der Waals surface area (Å²) in [6.45, 7) is 1.40. The predicted molar refractivity (Wildman–Crippen MR) is 54.8 cm³/mol. The molecule has 3 nitrogen and oxygen atoms in total. The third-order valence-corrected chi connectivity index (χ3v) is 3.24. The van der Waals surface area contributed by atoms with E-state index in [0.29, 0.717) is 19.0 Å². The summed E-state index contributed by atoms with van der Waals surface area (Å²) in [6.07, 6.45) is 2.62. The Morgan fingerprint density at radius 1 is 1.13 bits per heavy atom. The first kappa shape index (κ1) is 9.19. The van der Waals surface area contributed by atoms with Gasteiger partial charge in [0.1, 0.15) is 5.75 Å². The number of benzene rings is 1. The summed E-state index contributed by atoms with van der Waals surface area (Å²) in [5.41, 5.74) is 2.46. The van der Waals surface area contributed by atoms with E-state index < -0.39 is 0 Å². The van der Waals surface area contributed by atoms with Crippen molar-refractivity contribution in [1.29, 1.82) is 0 Å². The van der Waals surface area contributed by atoms with Crippen LogP contribution >= 0.6 is 0 Å². The van der Waals surface area contributed by atoms with Crippen molar-refractivity contribution in [1.82, 2.24) is 0 Å². The van der Waals surface area contributed by atoms with Gasteiger partial charge in [-0.3, -0.25) is 0 Å². The van der Waals surface area contributed by atoms with Crippen LogP contribution in [0.1, 0.15) is 17.5 Å². The monoisotopic (exact) mass is 206 g/mol. The van der Waals surface area contributed by atoms with Gasteiger partial charge >= 0.3 is 0 Å². The number of aromatic hydroxyl groups is 1. The molecule has 1 fully saturated rings. The summed E-state index contributed by atoms with van der Waals surface area (Å²) < 4.78 is 11.4. The van der Waals surface area contributed by atoms with E-state index in [1.807, 2.05) is 12.1 Å². The minimum absolute atomic E-state index is 0.345. The Bertz CT molecular complexity index is 380. The zero-order valence-electron chi connectivity index (χ0n) is 8.53. The second kappa shape index (κ2) is 3.22. The highest BCUT2D eigenvalue weighted by molar-refractivity contribution is 5.37. The van der Waals surface area contributed by atoms with Crippen molar-refractivity contribution in [3.63, 3.8) is 0 Å². The molecule has 0 amide bonds. The van der Waals surface area contributed by atoms with Crippen LogP contribution < -0.4 is 0 Å². The number of phenolic OH excluding ortho intramolecular Hbond substituents is 1. The second-order valence-electron chi connectivity index (χ2n) is 4.24. The van der Waals surface area contributed by atoms with Crippen molar-refractivity contribution in [2.75, 3.05) is 13.2 Å². The maximum atomic E-state index is 9.38. The van der Waals surface area contributed by atoms with E-state index in [4.69, 9.17) is 9.47 Å². The fourth-order valence-electron chi connectivity index (χ4n) is 2.46. The van der Waals surface area contributed by atoms with Crippen molar-refractivity contribution < 1.29 is 14.6 Å². The molecule has 3 heteroatoms. The Morgan fingerprint density at radius 2 is 1.93 bits per heavy atom. The van der Waals surface area contributed by atoms with E-state index in [9.17, 15) is 5.11 Å². The highest BCUT2D eigenvalue weighted by Crippen LogP contribution is 2.36. The molecule has 3 rings (SSSR count). The number of fused-ring (bicyclic) bond motifs is 1. The average Bonchev–Trinajstić information content (AvgIpc) is 2.67. The lowest BCUT2D eigenvalue weighted by Gasteiger charge is -2.32. The quantitative estimate of drug-likeness (QED) is 0.701. The van der Waals surface area contributed by atoms with E-state index in [1.54, 1.807) is 6.07 Å². The van der Waals surface area contributed by atoms with Crippen molar-refractivity contribution in [3.05, 3.63) is 29.3 Å². The van der Waals surface area contributed by atoms with Crippen molar-refractivity contribution in [2.45, 2.75) is 25.0 Å². The Morgan fingerprint density at radius 3 is 2.73 bits per heavy atom. The molecule has 0 unspecified atom stereocenters. The molecule has 0 bridgehead atoms. The van der Waals surface area contributed by atoms with Gasteiger partial charge in [-0.25, -0.2) is 0 Å². The SMILES string of the molecule is Oc1ccc2c(c1)CCC1(C2)OCCO1. The summed E-state index contributed by atoms with van der Waals surface area (Å²) in [5, 5.41) is 9.38. The topological polar surface area (TPSA) is 38.7 Å². The number of ether oxygens (including phenoxy) is 2. The average molecular weight is 206 g/mol. The smallest absolute Gasteiger partial charge is 0.172 e. The highest BCUT2D eigenvalue weighted by Gasteiger charge is 2.39. The van der Waals surface area contributed by atoms with Gasteiger partial charge in [-0.1, -0.05) is 6.07 Å². The molecular formula is C12H14O3. The molecule has 0 atom stereocenters. The first-order chi connectivity index (χ1) is 7.27. The molecule has 0 aromatic heterocycles. The lowest BCUT2D eigenvalue weighted by atomic mass is 9.87. The van der Waals surface area contributed by atoms with Gasteiger partial charge in [-0.05, 0) is 29.7 Å². The van der Waals surface area contributed by atoms with Crippen LogP contribution in [0.15, 0.2) is 18.2 Å². The number of aryl methyl sites for hydroxylation is 1. The minimum Gasteiger partial charge on any atom is -0.508 e. The summed E-state index contributed by atoms with van der Waals surface area (Å²) in [4.78, 5) is 0. The maximum Gasteiger partial charge on any atom is 0.172 e. The molecule has 1 spiro atoms. The standard InChI is InChI=1S/C12H14O3/c13-11-2-1-10-8-12(14-5-6-15-12)4-3-9(10)7-11/h1-2,7,13H,3-6,8H2. The van der Waals surface area contributed by atoms with Crippen LogP contribution in [-0.2, 0) is 22.3 Å². The normalized spacial score (nSPS) is 22.9. The van der Waals surface area contributed by atoms with Gasteiger partial charge in [0.25, 0.3) is 0 Å². The molecule has 1 aliphatic carbocycles. The molecule has 1 N–H and O–H groups in total. The zero-order valence-corrected chi connectivity index (χ0v) is 8.53. The van der Waals surface area contributed by atoms with Gasteiger partial charge < -0.3 is 14.6 Å². The molecule has 1 aromatic carbocycles. The first-order valence-electron chi connectivity index (χ1n) is 5.36. The Kier molecular flexibility index (Phi) is 1.97. The van der Waals surface area contributed by atoms with Crippen LogP contribution in [0.5, 0.6) is 5.75 Å². The summed E-state index contributed by atoms with van der Waals surface area (Å²) in [6, 6.07) is 5.54. The predicted octanol–water partition coefficient (Wildman–Crippen LogP) is 1.62. The summed E-state index contributed by atoms with van der Waals surface area (Å²) >= 11 is 0. The minimum atomic E-state index is -0.371. The Balaban J connectivity index is 1.93. The molecule has 1 heterocycles. The number of hydrogen-bond acceptors (Lipinski definition) is 3. The number of rotatable bonds is 0.